The molecule has 6 heteroatoms. The first-order chi connectivity index (χ1) is 8.59. The SMILES string of the molecule is O=C(O)CCC1COC(=O)N1c1ccccc1Br. The van der Waals surface area contributed by atoms with Gasteiger partial charge in [-0.3, -0.25) is 9.69 Å². The van der Waals surface area contributed by atoms with Crippen LogP contribution in [0.15, 0.2) is 28.7 Å². The molecule has 0 radical (unpaired) electrons. The van der Waals surface area contributed by atoms with Gasteiger partial charge in [0.15, 0.2) is 0 Å². The quantitative estimate of drug-likeness (QED) is 0.928. The lowest BCUT2D eigenvalue weighted by Gasteiger charge is -2.21. The standard InChI is InChI=1S/C12H12BrNO4/c13-9-3-1-2-4-10(9)14-8(5-6-11(15)16)7-18-12(14)17/h1-4,8H,5-7H2,(H,15,16). The molecular weight excluding hydrogens is 302 g/mol. The molecule has 2 rings (SSSR count). The molecule has 0 saturated carbocycles. The zero-order valence-corrected chi connectivity index (χ0v) is 11.1. The van der Waals surface area contributed by atoms with E-state index in [1.165, 1.54) is 4.90 Å². The van der Waals surface area contributed by atoms with Crippen molar-refractivity contribution in [2.75, 3.05) is 11.5 Å². The van der Waals surface area contributed by atoms with E-state index in [-0.39, 0.29) is 19.1 Å². The minimum atomic E-state index is -0.874. The summed E-state index contributed by atoms with van der Waals surface area (Å²) in [6, 6.07) is 7.06. The Morgan fingerprint density at radius 3 is 2.89 bits per heavy atom. The molecule has 1 N–H and O–H groups in total. The summed E-state index contributed by atoms with van der Waals surface area (Å²) >= 11 is 3.38. The van der Waals surface area contributed by atoms with E-state index in [1.807, 2.05) is 18.2 Å². The number of rotatable bonds is 4. The van der Waals surface area contributed by atoms with Gasteiger partial charge in [0, 0.05) is 10.9 Å². The van der Waals surface area contributed by atoms with Crippen LogP contribution in [0.1, 0.15) is 12.8 Å². The average molecular weight is 314 g/mol. The fraction of sp³-hybridized carbons (Fsp3) is 0.333. The second kappa shape index (κ2) is 5.39. The lowest BCUT2D eigenvalue weighted by Crippen LogP contribution is -2.34. The number of nitrogens with zero attached hydrogens (tertiary/aromatic N) is 1. The lowest BCUT2D eigenvalue weighted by molar-refractivity contribution is -0.137. The van der Waals surface area contributed by atoms with E-state index in [0.29, 0.717) is 12.1 Å². The third kappa shape index (κ3) is 2.64. The van der Waals surface area contributed by atoms with E-state index in [9.17, 15) is 9.59 Å². The van der Waals surface area contributed by atoms with Gasteiger partial charge in [-0.05, 0) is 34.5 Å². The van der Waals surface area contributed by atoms with Crippen molar-refractivity contribution < 1.29 is 19.4 Å². The van der Waals surface area contributed by atoms with Gasteiger partial charge >= 0.3 is 12.1 Å². The molecule has 1 heterocycles. The number of halogens is 1. The Balaban J connectivity index is 2.20. The van der Waals surface area contributed by atoms with Crippen molar-refractivity contribution >= 4 is 33.7 Å². The summed E-state index contributed by atoms with van der Waals surface area (Å²) in [5, 5.41) is 8.70. The van der Waals surface area contributed by atoms with Gasteiger partial charge in [-0.2, -0.15) is 0 Å². The first-order valence-electron chi connectivity index (χ1n) is 5.52. The molecule has 5 nitrogen and oxygen atoms in total. The van der Waals surface area contributed by atoms with Gasteiger partial charge in [-0.1, -0.05) is 12.1 Å². The highest BCUT2D eigenvalue weighted by Gasteiger charge is 2.35. The number of hydrogen-bond donors (Lipinski definition) is 1. The fourth-order valence-corrected chi connectivity index (χ4v) is 2.38. The van der Waals surface area contributed by atoms with Gasteiger partial charge in [0.25, 0.3) is 0 Å². The Morgan fingerprint density at radius 1 is 1.50 bits per heavy atom. The average Bonchev–Trinajstić information content (AvgIpc) is 2.69. The smallest absolute Gasteiger partial charge is 0.414 e. The van der Waals surface area contributed by atoms with Crippen molar-refractivity contribution in [1.82, 2.24) is 0 Å². The molecule has 1 aliphatic rings. The Labute approximate surface area is 112 Å². The molecule has 1 fully saturated rings. The molecule has 1 aromatic rings. The third-order valence-electron chi connectivity index (χ3n) is 2.76. The van der Waals surface area contributed by atoms with Crippen LogP contribution in [0.3, 0.4) is 0 Å². The Morgan fingerprint density at radius 2 is 2.22 bits per heavy atom. The van der Waals surface area contributed by atoms with Crippen LogP contribution in [0.25, 0.3) is 0 Å². The molecule has 1 unspecified atom stereocenters. The van der Waals surface area contributed by atoms with E-state index in [4.69, 9.17) is 9.84 Å². The molecule has 0 spiro atoms. The Hall–Kier alpha value is -1.56. The van der Waals surface area contributed by atoms with E-state index in [1.54, 1.807) is 6.07 Å². The summed E-state index contributed by atoms with van der Waals surface area (Å²) in [5.41, 5.74) is 0.704. The van der Waals surface area contributed by atoms with Crippen LogP contribution in [-0.4, -0.2) is 29.8 Å². The number of carbonyl (C=O) groups excluding carboxylic acids is 1. The normalized spacial score (nSPS) is 18.8. The molecule has 0 aromatic heterocycles. The summed E-state index contributed by atoms with van der Waals surface area (Å²) < 4.78 is 5.77. The van der Waals surface area contributed by atoms with Gasteiger partial charge in [-0.15, -0.1) is 0 Å². The minimum Gasteiger partial charge on any atom is -0.481 e. The zero-order valence-electron chi connectivity index (χ0n) is 9.51. The van der Waals surface area contributed by atoms with Crippen LogP contribution in [0.2, 0.25) is 0 Å². The molecule has 1 amide bonds. The first-order valence-corrected chi connectivity index (χ1v) is 6.31. The third-order valence-corrected chi connectivity index (χ3v) is 3.44. The predicted octanol–water partition coefficient (Wildman–Crippen LogP) is 2.64. The maximum absolute atomic E-state index is 11.7. The molecule has 1 aromatic carbocycles. The van der Waals surface area contributed by atoms with Crippen molar-refractivity contribution in [2.45, 2.75) is 18.9 Å². The predicted molar refractivity (Wildman–Crippen MR) is 68.6 cm³/mol. The monoisotopic (exact) mass is 313 g/mol. The lowest BCUT2D eigenvalue weighted by atomic mass is 10.1. The second-order valence-corrected chi connectivity index (χ2v) is 4.84. The Bertz CT molecular complexity index is 477. The van der Waals surface area contributed by atoms with E-state index >= 15 is 0 Å². The highest BCUT2D eigenvalue weighted by molar-refractivity contribution is 9.10. The number of ether oxygens (including phenoxy) is 1. The number of carboxylic acids is 1. The van der Waals surface area contributed by atoms with E-state index < -0.39 is 12.1 Å². The van der Waals surface area contributed by atoms with Crippen LogP contribution in [0.5, 0.6) is 0 Å². The van der Waals surface area contributed by atoms with Crippen molar-refractivity contribution in [3.63, 3.8) is 0 Å². The van der Waals surface area contributed by atoms with Gasteiger partial charge in [0.05, 0.1) is 11.7 Å². The number of carbonyl (C=O) groups is 2. The number of benzene rings is 1. The molecule has 1 aliphatic heterocycles. The highest BCUT2D eigenvalue weighted by Crippen LogP contribution is 2.31. The molecular formula is C12H12BrNO4. The summed E-state index contributed by atoms with van der Waals surface area (Å²) in [7, 11) is 0. The van der Waals surface area contributed by atoms with E-state index in [2.05, 4.69) is 15.9 Å². The summed E-state index contributed by atoms with van der Waals surface area (Å²) in [4.78, 5) is 23.8. The maximum atomic E-state index is 11.7. The summed E-state index contributed by atoms with van der Waals surface area (Å²) in [6.45, 7) is 0.230. The minimum absolute atomic E-state index is 0.0161. The van der Waals surface area contributed by atoms with Gasteiger partial charge < -0.3 is 9.84 Å². The fourth-order valence-electron chi connectivity index (χ4n) is 1.91. The largest absolute Gasteiger partial charge is 0.481 e. The number of aliphatic carboxylic acids is 1. The van der Waals surface area contributed by atoms with Crippen molar-refractivity contribution in [1.29, 1.82) is 0 Å². The topological polar surface area (TPSA) is 66.8 Å². The van der Waals surface area contributed by atoms with Crippen LogP contribution in [0.4, 0.5) is 10.5 Å². The van der Waals surface area contributed by atoms with Gasteiger partial charge in [-0.25, -0.2) is 4.79 Å². The number of para-hydroxylation sites is 1. The molecule has 1 saturated heterocycles. The van der Waals surface area contributed by atoms with Crippen LogP contribution in [0, 0.1) is 0 Å². The summed E-state index contributed by atoms with van der Waals surface area (Å²) in [6.07, 6.45) is -0.0395. The molecule has 18 heavy (non-hydrogen) atoms. The summed E-state index contributed by atoms with van der Waals surface area (Å²) in [5.74, 6) is -0.874. The molecule has 0 bridgehead atoms. The second-order valence-electron chi connectivity index (χ2n) is 3.98. The van der Waals surface area contributed by atoms with Crippen molar-refractivity contribution in [3.8, 4) is 0 Å². The van der Waals surface area contributed by atoms with Crippen LogP contribution >= 0.6 is 15.9 Å². The van der Waals surface area contributed by atoms with Crippen molar-refractivity contribution in [2.24, 2.45) is 0 Å². The molecule has 96 valence electrons. The zero-order chi connectivity index (χ0) is 13.1. The van der Waals surface area contributed by atoms with Crippen LogP contribution < -0.4 is 4.90 Å². The van der Waals surface area contributed by atoms with E-state index in [0.717, 1.165) is 4.47 Å². The molecule has 1 atom stereocenters. The van der Waals surface area contributed by atoms with Crippen molar-refractivity contribution in [3.05, 3.63) is 28.7 Å². The number of anilines is 1. The van der Waals surface area contributed by atoms with Gasteiger partial charge in [0.2, 0.25) is 0 Å². The molecule has 0 aliphatic carbocycles. The number of cyclic esters (lactones) is 1. The first kappa shape index (κ1) is 12.9. The van der Waals surface area contributed by atoms with Gasteiger partial charge in [0.1, 0.15) is 6.61 Å². The number of carboxylic acid groups (broad SMARTS) is 1. The number of amides is 1. The maximum Gasteiger partial charge on any atom is 0.414 e. The van der Waals surface area contributed by atoms with Crippen LogP contribution in [-0.2, 0) is 9.53 Å². The number of hydrogen-bond acceptors (Lipinski definition) is 3. The Kier molecular flexibility index (Phi) is 3.86. The highest BCUT2D eigenvalue weighted by atomic mass is 79.9.